The maximum absolute atomic E-state index is 12.4. The van der Waals surface area contributed by atoms with Crippen molar-refractivity contribution in [3.63, 3.8) is 0 Å². The Morgan fingerprint density at radius 1 is 1.00 bits per heavy atom. The smallest absolute Gasteiger partial charge is 0.322 e. The molecule has 8 heteroatoms. The van der Waals surface area contributed by atoms with Gasteiger partial charge in [0, 0.05) is 5.56 Å². The molecule has 0 radical (unpaired) electrons. The lowest BCUT2D eigenvalue weighted by atomic mass is 10.1. The standard InChI is InChI=1S/C20H20N2O6/c1-27-16-9-8-13(11-17(16)28-2)10-15(20(26)21-12-18(23)24)22-19(25)14-6-4-3-5-7-14/h3-11H,12H2,1-2H3,(H,21,26)(H,22,25)(H,23,24). The minimum atomic E-state index is -1.20. The van der Waals surface area contributed by atoms with E-state index in [0.717, 1.165) is 0 Å². The Labute approximate surface area is 161 Å². The van der Waals surface area contributed by atoms with Crippen molar-refractivity contribution in [2.75, 3.05) is 20.8 Å². The summed E-state index contributed by atoms with van der Waals surface area (Å²) in [6, 6.07) is 13.3. The van der Waals surface area contributed by atoms with E-state index in [-0.39, 0.29) is 5.70 Å². The molecule has 2 amide bonds. The van der Waals surface area contributed by atoms with Crippen molar-refractivity contribution >= 4 is 23.9 Å². The minimum Gasteiger partial charge on any atom is -0.493 e. The number of carboxylic acids is 1. The van der Waals surface area contributed by atoms with Crippen molar-refractivity contribution in [1.29, 1.82) is 0 Å². The number of carboxylic acid groups (broad SMARTS) is 1. The average molecular weight is 384 g/mol. The first-order valence-corrected chi connectivity index (χ1v) is 8.24. The Hall–Kier alpha value is -3.81. The lowest BCUT2D eigenvalue weighted by molar-refractivity contribution is -0.137. The van der Waals surface area contributed by atoms with Crippen LogP contribution in [0.5, 0.6) is 11.5 Å². The van der Waals surface area contributed by atoms with E-state index in [9.17, 15) is 14.4 Å². The molecule has 2 aromatic carbocycles. The quantitative estimate of drug-likeness (QED) is 0.597. The molecule has 0 aliphatic carbocycles. The summed E-state index contributed by atoms with van der Waals surface area (Å²) in [5.74, 6) is -1.49. The molecule has 3 N–H and O–H groups in total. The van der Waals surface area contributed by atoms with Gasteiger partial charge in [-0.3, -0.25) is 14.4 Å². The molecule has 28 heavy (non-hydrogen) atoms. The number of hydrogen-bond acceptors (Lipinski definition) is 5. The van der Waals surface area contributed by atoms with E-state index in [2.05, 4.69) is 10.6 Å². The van der Waals surface area contributed by atoms with E-state index in [1.807, 2.05) is 0 Å². The van der Waals surface area contributed by atoms with Gasteiger partial charge >= 0.3 is 5.97 Å². The van der Waals surface area contributed by atoms with E-state index in [1.165, 1.54) is 20.3 Å². The number of amides is 2. The minimum absolute atomic E-state index is 0.109. The van der Waals surface area contributed by atoms with Gasteiger partial charge < -0.3 is 25.2 Å². The lowest BCUT2D eigenvalue weighted by Crippen LogP contribution is -2.37. The van der Waals surface area contributed by atoms with Gasteiger partial charge in [-0.05, 0) is 35.9 Å². The molecule has 2 rings (SSSR count). The van der Waals surface area contributed by atoms with Crippen molar-refractivity contribution in [1.82, 2.24) is 10.6 Å². The van der Waals surface area contributed by atoms with Crippen molar-refractivity contribution < 1.29 is 29.0 Å². The van der Waals surface area contributed by atoms with Gasteiger partial charge in [-0.2, -0.15) is 0 Å². The van der Waals surface area contributed by atoms with Crippen LogP contribution in [-0.2, 0) is 9.59 Å². The Balaban J connectivity index is 2.34. The summed E-state index contributed by atoms with van der Waals surface area (Å²) >= 11 is 0. The fourth-order valence-electron chi connectivity index (χ4n) is 2.30. The van der Waals surface area contributed by atoms with Crippen LogP contribution in [-0.4, -0.2) is 43.7 Å². The maximum atomic E-state index is 12.4. The predicted molar refractivity (Wildman–Crippen MR) is 102 cm³/mol. The Bertz CT molecular complexity index is 893. The molecule has 0 aromatic heterocycles. The van der Waals surface area contributed by atoms with Gasteiger partial charge in [0.05, 0.1) is 14.2 Å². The first-order chi connectivity index (χ1) is 13.4. The molecule has 146 valence electrons. The Morgan fingerprint density at radius 3 is 2.29 bits per heavy atom. The molecular weight excluding hydrogens is 364 g/mol. The largest absolute Gasteiger partial charge is 0.493 e. The third kappa shape index (κ3) is 5.60. The molecule has 0 heterocycles. The van der Waals surface area contributed by atoms with E-state index >= 15 is 0 Å². The highest BCUT2D eigenvalue weighted by Crippen LogP contribution is 2.28. The zero-order chi connectivity index (χ0) is 20.5. The van der Waals surface area contributed by atoms with Crippen LogP contribution < -0.4 is 20.1 Å². The van der Waals surface area contributed by atoms with E-state index in [4.69, 9.17) is 14.6 Å². The molecule has 0 bridgehead atoms. The average Bonchev–Trinajstić information content (AvgIpc) is 2.71. The van der Waals surface area contributed by atoms with Crippen molar-refractivity contribution in [3.8, 4) is 11.5 Å². The topological polar surface area (TPSA) is 114 Å². The second-order valence-electron chi connectivity index (χ2n) is 5.57. The summed E-state index contributed by atoms with van der Waals surface area (Å²) < 4.78 is 10.4. The highest BCUT2D eigenvalue weighted by atomic mass is 16.5. The SMILES string of the molecule is COc1ccc(C=C(NC(=O)c2ccccc2)C(=O)NCC(=O)O)cc1OC. The number of benzene rings is 2. The molecular formula is C20H20N2O6. The summed E-state index contributed by atoms with van der Waals surface area (Å²) in [7, 11) is 2.97. The predicted octanol–water partition coefficient (Wildman–Crippen LogP) is 1.68. The van der Waals surface area contributed by atoms with Crippen molar-refractivity contribution in [3.05, 3.63) is 65.4 Å². The number of hydrogen-bond donors (Lipinski definition) is 3. The zero-order valence-corrected chi connectivity index (χ0v) is 15.4. The van der Waals surface area contributed by atoms with Crippen LogP contribution in [0.25, 0.3) is 6.08 Å². The summed E-state index contributed by atoms with van der Waals surface area (Å²) in [6.45, 7) is -0.580. The van der Waals surface area contributed by atoms with E-state index < -0.39 is 24.3 Å². The normalized spacial score (nSPS) is 10.7. The summed E-state index contributed by atoms with van der Waals surface area (Å²) in [5, 5.41) is 13.5. The van der Waals surface area contributed by atoms with Crippen LogP contribution in [0.15, 0.2) is 54.2 Å². The van der Waals surface area contributed by atoms with Gasteiger partial charge in [-0.15, -0.1) is 0 Å². The Morgan fingerprint density at radius 2 is 1.68 bits per heavy atom. The number of rotatable bonds is 8. The number of nitrogens with one attached hydrogen (secondary N) is 2. The molecule has 0 fully saturated rings. The van der Waals surface area contributed by atoms with Crippen molar-refractivity contribution in [2.45, 2.75) is 0 Å². The molecule has 0 unspecified atom stereocenters. The van der Waals surface area contributed by atoms with Crippen LogP contribution in [0, 0.1) is 0 Å². The highest BCUT2D eigenvalue weighted by molar-refractivity contribution is 6.05. The van der Waals surface area contributed by atoms with Crippen molar-refractivity contribution in [2.24, 2.45) is 0 Å². The van der Waals surface area contributed by atoms with Gasteiger partial charge in [0.1, 0.15) is 12.2 Å². The number of carbonyl (C=O) groups is 3. The number of ether oxygens (including phenoxy) is 2. The molecule has 2 aromatic rings. The lowest BCUT2D eigenvalue weighted by Gasteiger charge is -2.11. The molecule has 0 saturated carbocycles. The monoisotopic (exact) mass is 384 g/mol. The molecule has 0 atom stereocenters. The van der Waals surface area contributed by atoms with E-state index in [0.29, 0.717) is 22.6 Å². The molecule has 0 saturated heterocycles. The van der Waals surface area contributed by atoms with Gasteiger partial charge in [0.15, 0.2) is 11.5 Å². The van der Waals surface area contributed by atoms with Crippen LogP contribution in [0.2, 0.25) is 0 Å². The van der Waals surface area contributed by atoms with Gasteiger partial charge in [-0.1, -0.05) is 24.3 Å². The molecule has 0 aliphatic rings. The molecule has 8 nitrogen and oxygen atoms in total. The fraction of sp³-hybridized carbons (Fsp3) is 0.150. The second kappa shape index (κ2) is 9.77. The summed E-state index contributed by atoms with van der Waals surface area (Å²) in [5.41, 5.74) is 0.792. The van der Waals surface area contributed by atoms with Crippen LogP contribution in [0.3, 0.4) is 0 Å². The third-order valence-corrected chi connectivity index (χ3v) is 3.65. The number of carbonyl (C=O) groups excluding carboxylic acids is 2. The Kier molecular flexibility index (Phi) is 7.15. The van der Waals surface area contributed by atoms with Crippen LogP contribution in [0.4, 0.5) is 0 Å². The maximum Gasteiger partial charge on any atom is 0.322 e. The molecule has 0 spiro atoms. The summed E-state index contributed by atoms with van der Waals surface area (Å²) in [4.78, 5) is 35.5. The number of aliphatic carboxylic acids is 1. The highest BCUT2D eigenvalue weighted by Gasteiger charge is 2.16. The third-order valence-electron chi connectivity index (χ3n) is 3.65. The zero-order valence-electron chi connectivity index (χ0n) is 15.4. The first-order valence-electron chi connectivity index (χ1n) is 8.24. The first kappa shape index (κ1) is 20.5. The van der Waals surface area contributed by atoms with Gasteiger partial charge in [-0.25, -0.2) is 0 Å². The summed E-state index contributed by atoms with van der Waals surface area (Å²) in [6.07, 6.45) is 1.42. The second-order valence-corrected chi connectivity index (χ2v) is 5.57. The van der Waals surface area contributed by atoms with Crippen LogP contribution in [0.1, 0.15) is 15.9 Å². The van der Waals surface area contributed by atoms with Crippen LogP contribution >= 0.6 is 0 Å². The van der Waals surface area contributed by atoms with E-state index in [1.54, 1.807) is 48.5 Å². The molecule has 0 aliphatic heterocycles. The van der Waals surface area contributed by atoms with Gasteiger partial charge in [0.2, 0.25) is 0 Å². The fourth-order valence-corrected chi connectivity index (χ4v) is 2.30. The number of methoxy groups -OCH3 is 2. The van der Waals surface area contributed by atoms with Gasteiger partial charge in [0.25, 0.3) is 11.8 Å².